The summed E-state index contributed by atoms with van der Waals surface area (Å²) in [6.45, 7) is 3.92. The standard InChI is InChI=1S/C19H26N4OS/c1-22(2)11-15-9-16(5-7-20-15)24-17-6-8-23(12-17)13-18-10-21-19(25-18)14-3-4-14/h5,7,9-10,14,17H,3-4,6,8,11-13H2,1-2H3. The summed E-state index contributed by atoms with van der Waals surface area (Å²) in [7, 11) is 4.11. The molecule has 1 atom stereocenters. The van der Waals surface area contributed by atoms with Gasteiger partial charge in [0.05, 0.1) is 10.7 Å². The second kappa shape index (κ2) is 7.40. The summed E-state index contributed by atoms with van der Waals surface area (Å²) in [5.74, 6) is 1.70. The fraction of sp³-hybridized carbons (Fsp3) is 0.579. The summed E-state index contributed by atoms with van der Waals surface area (Å²) in [6.07, 6.45) is 7.92. The van der Waals surface area contributed by atoms with Gasteiger partial charge in [-0.15, -0.1) is 11.3 Å². The predicted octanol–water partition coefficient (Wildman–Crippen LogP) is 3.13. The lowest BCUT2D eigenvalue weighted by Crippen LogP contribution is -2.24. The van der Waals surface area contributed by atoms with Gasteiger partial charge in [-0.05, 0) is 39.4 Å². The third kappa shape index (κ3) is 4.57. The average Bonchev–Trinajstić information content (AvgIpc) is 3.17. The first-order chi connectivity index (χ1) is 12.2. The Morgan fingerprint density at radius 3 is 2.96 bits per heavy atom. The summed E-state index contributed by atoms with van der Waals surface area (Å²) in [5.41, 5.74) is 1.05. The zero-order valence-corrected chi connectivity index (χ0v) is 15.8. The highest BCUT2D eigenvalue weighted by Gasteiger charge is 2.28. The second-order valence-electron chi connectivity index (χ2n) is 7.42. The van der Waals surface area contributed by atoms with Gasteiger partial charge in [0.15, 0.2) is 0 Å². The molecule has 2 aliphatic rings. The zero-order chi connectivity index (χ0) is 17.2. The molecule has 2 aromatic heterocycles. The topological polar surface area (TPSA) is 41.5 Å². The van der Waals surface area contributed by atoms with Crippen LogP contribution in [0.15, 0.2) is 24.5 Å². The van der Waals surface area contributed by atoms with Crippen LogP contribution in [0.2, 0.25) is 0 Å². The number of nitrogens with zero attached hydrogens (tertiary/aromatic N) is 4. The Morgan fingerprint density at radius 1 is 1.28 bits per heavy atom. The van der Waals surface area contributed by atoms with Gasteiger partial charge in [0.25, 0.3) is 0 Å². The first-order valence-electron chi connectivity index (χ1n) is 9.09. The lowest BCUT2D eigenvalue weighted by molar-refractivity contribution is 0.198. The van der Waals surface area contributed by atoms with Crippen LogP contribution in [-0.2, 0) is 13.1 Å². The van der Waals surface area contributed by atoms with Gasteiger partial charge in [-0.25, -0.2) is 4.98 Å². The number of aromatic nitrogens is 2. The molecule has 1 saturated heterocycles. The molecule has 25 heavy (non-hydrogen) atoms. The number of thiazole rings is 1. The summed E-state index contributed by atoms with van der Waals surface area (Å²) in [6, 6.07) is 4.03. The minimum absolute atomic E-state index is 0.269. The van der Waals surface area contributed by atoms with Gasteiger partial charge < -0.3 is 9.64 Å². The highest BCUT2D eigenvalue weighted by molar-refractivity contribution is 7.11. The normalized spacial score (nSPS) is 21.2. The van der Waals surface area contributed by atoms with Crippen LogP contribution in [0.25, 0.3) is 0 Å². The van der Waals surface area contributed by atoms with Crippen LogP contribution in [0.4, 0.5) is 0 Å². The lowest BCUT2D eigenvalue weighted by Gasteiger charge is -2.17. The van der Waals surface area contributed by atoms with Gasteiger partial charge >= 0.3 is 0 Å². The van der Waals surface area contributed by atoms with Crippen molar-refractivity contribution in [3.63, 3.8) is 0 Å². The molecule has 1 unspecified atom stereocenters. The molecule has 1 aliphatic heterocycles. The van der Waals surface area contributed by atoms with Crippen molar-refractivity contribution in [3.05, 3.63) is 40.1 Å². The zero-order valence-electron chi connectivity index (χ0n) is 15.0. The highest BCUT2D eigenvalue weighted by atomic mass is 32.1. The molecule has 0 bridgehead atoms. The lowest BCUT2D eigenvalue weighted by atomic mass is 10.3. The minimum Gasteiger partial charge on any atom is -0.489 e. The van der Waals surface area contributed by atoms with Crippen molar-refractivity contribution in [2.45, 2.75) is 44.4 Å². The quantitative estimate of drug-likeness (QED) is 0.761. The van der Waals surface area contributed by atoms with Crippen LogP contribution in [0.3, 0.4) is 0 Å². The third-order valence-electron chi connectivity index (χ3n) is 4.68. The first kappa shape index (κ1) is 16.9. The van der Waals surface area contributed by atoms with Gasteiger partial charge in [-0.2, -0.15) is 0 Å². The molecule has 0 radical (unpaired) electrons. The van der Waals surface area contributed by atoms with E-state index in [4.69, 9.17) is 4.74 Å². The molecule has 1 saturated carbocycles. The van der Waals surface area contributed by atoms with E-state index in [-0.39, 0.29) is 6.10 Å². The fourth-order valence-corrected chi connectivity index (χ4v) is 4.43. The van der Waals surface area contributed by atoms with E-state index in [0.717, 1.165) is 50.0 Å². The van der Waals surface area contributed by atoms with E-state index in [2.05, 4.69) is 46.1 Å². The maximum absolute atomic E-state index is 6.21. The molecule has 5 nitrogen and oxygen atoms in total. The van der Waals surface area contributed by atoms with Crippen molar-refractivity contribution in [2.24, 2.45) is 0 Å². The SMILES string of the molecule is CN(C)Cc1cc(OC2CCN(Cc3cnc(C4CC4)s3)C2)ccn1. The molecular weight excluding hydrogens is 332 g/mol. The molecule has 0 spiro atoms. The molecule has 2 fully saturated rings. The van der Waals surface area contributed by atoms with Crippen molar-refractivity contribution in [1.82, 2.24) is 19.8 Å². The summed E-state index contributed by atoms with van der Waals surface area (Å²) in [4.78, 5) is 15.0. The summed E-state index contributed by atoms with van der Waals surface area (Å²) < 4.78 is 6.21. The van der Waals surface area contributed by atoms with Gasteiger partial charge in [0.2, 0.25) is 0 Å². The molecule has 4 rings (SSSR count). The van der Waals surface area contributed by atoms with Gasteiger partial charge in [0, 0.05) is 55.4 Å². The Balaban J connectivity index is 1.29. The smallest absolute Gasteiger partial charge is 0.123 e. The molecule has 0 amide bonds. The Bertz CT molecular complexity index is 713. The number of hydrogen-bond donors (Lipinski definition) is 0. The van der Waals surface area contributed by atoms with E-state index in [1.165, 1.54) is 22.7 Å². The van der Waals surface area contributed by atoms with Crippen molar-refractivity contribution < 1.29 is 4.74 Å². The van der Waals surface area contributed by atoms with Gasteiger partial charge in [-0.3, -0.25) is 9.88 Å². The molecule has 2 aromatic rings. The Kier molecular flexibility index (Phi) is 5.01. The van der Waals surface area contributed by atoms with Crippen LogP contribution in [0, 0.1) is 0 Å². The average molecular weight is 359 g/mol. The van der Waals surface area contributed by atoms with Crippen LogP contribution in [0.5, 0.6) is 5.75 Å². The van der Waals surface area contributed by atoms with Crippen LogP contribution in [0.1, 0.15) is 40.8 Å². The van der Waals surface area contributed by atoms with E-state index < -0.39 is 0 Å². The molecule has 0 N–H and O–H groups in total. The van der Waals surface area contributed by atoms with Crippen molar-refractivity contribution in [1.29, 1.82) is 0 Å². The largest absolute Gasteiger partial charge is 0.489 e. The molecule has 6 heteroatoms. The molecular formula is C19H26N4OS. The van der Waals surface area contributed by atoms with Crippen LogP contribution >= 0.6 is 11.3 Å². The number of likely N-dealkylation sites (tertiary alicyclic amines) is 1. The summed E-state index contributed by atoms with van der Waals surface area (Å²) >= 11 is 1.90. The molecule has 3 heterocycles. The van der Waals surface area contributed by atoms with Gasteiger partial charge in [0.1, 0.15) is 11.9 Å². The Hall–Kier alpha value is -1.50. The van der Waals surface area contributed by atoms with Crippen molar-refractivity contribution in [3.8, 4) is 5.75 Å². The maximum atomic E-state index is 6.21. The number of hydrogen-bond acceptors (Lipinski definition) is 6. The maximum Gasteiger partial charge on any atom is 0.123 e. The van der Waals surface area contributed by atoms with E-state index in [1.807, 2.05) is 23.6 Å². The number of pyridine rings is 1. The monoisotopic (exact) mass is 358 g/mol. The third-order valence-corrected chi connectivity index (χ3v) is 5.82. The molecule has 1 aliphatic carbocycles. The fourth-order valence-electron chi connectivity index (χ4n) is 3.30. The van der Waals surface area contributed by atoms with E-state index >= 15 is 0 Å². The van der Waals surface area contributed by atoms with Crippen molar-refractivity contribution in [2.75, 3.05) is 27.2 Å². The predicted molar refractivity (Wildman–Crippen MR) is 100 cm³/mol. The van der Waals surface area contributed by atoms with E-state index in [1.54, 1.807) is 0 Å². The first-order valence-corrected chi connectivity index (χ1v) is 9.90. The Labute approximate surface area is 153 Å². The van der Waals surface area contributed by atoms with E-state index in [0.29, 0.717) is 0 Å². The molecule has 0 aromatic carbocycles. The number of rotatable bonds is 7. The van der Waals surface area contributed by atoms with Crippen molar-refractivity contribution >= 4 is 11.3 Å². The summed E-state index contributed by atoms with van der Waals surface area (Å²) in [5, 5.41) is 1.34. The minimum atomic E-state index is 0.269. The molecule has 134 valence electrons. The van der Waals surface area contributed by atoms with Crippen LogP contribution in [-0.4, -0.2) is 53.1 Å². The Morgan fingerprint density at radius 2 is 2.16 bits per heavy atom. The second-order valence-corrected chi connectivity index (χ2v) is 8.57. The number of ether oxygens (including phenoxy) is 1. The highest BCUT2D eigenvalue weighted by Crippen LogP contribution is 2.42. The van der Waals surface area contributed by atoms with Crippen LogP contribution < -0.4 is 4.74 Å². The van der Waals surface area contributed by atoms with Gasteiger partial charge in [-0.1, -0.05) is 0 Å². The van der Waals surface area contributed by atoms with E-state index in [9.17, 15) is 0 Å².